The summed E-state index contributed by atoms with van der Waals surface area (Å²) in [6, 6.07) is 0. The van der Waals surface area contributed by atoms with E-state index in [1.54, 1.807) is 0 Å². The molecule has 0 radical (unpaired) electrons. The van der Waals surface area contributed by atoms with Gasteiger partial charge in [0.2, 0.25) is 0 Å². The van der Waals surface area contributed by atoms with Gasteiger partial charge < -0.3 is 11.0 Å². The Labute approximate surface area is 88.6 Å². The third-order valence-electron chi connectivity index (χ3n) is 0. The maximum atomic E-state index is 0. The molecule has 0 amide bonds. The fourth-order valence-corrected chi connectivity index (χ4v) is 0. The minimum atomic E-state index is 0. The summed E-state index contributed by atoms with van der Waals surface area (Å²) in [5.74, 6) is 0. The van der Waals surface area contributed by atoms with Crippen molar-refractivity contribution in [1.82, 2.24) is 0 Å². The first-order valence-electron chi connectivity index (χ1n) is 0. The van der Waals surface area contributed by atoms with Crippen LogP contribution in [-0.2, 0) is 32.7 Å². The van der Waals surface area contributed by atoms with E-state index in [0.717, 1.165) is 0 Å². The van der Waals surface area contributed by atoms with Gasteiger partial charge in [-0.1, -0.05) is 0 Å². The van der Waals surface area contributed by atoms with Crippen molar-refractivity contribution in [2.24, 2.45) is 0 Å². The van der Waals surface area contributed by atoms with E-state index in [2.05, 4.69) is 0 Å². The van der Waals surface area contributed by atoms with Crippen molar-refractivity contribution in [2.75, 3.05) is 0 Å². The van der Waals surface area contributed by atoms with Gasteiger partial charge in [0.25, 0.3) is 0 Å². The van der Waals surface area contributed by atoms with Crippen LogP contribution in [0.25, 0.3) is 0 Å². The van der Waals surface area contributed by atoms with Crippen LogP contribution in [0, 0.1) is 0 Å². The van der Waals surface area contributed by atoms with Gasteiger partial charge in [-0.3, -0.25) is 0 Å². The van der Waals surface area contributed by atoms with Crippen molar-refractivity contribution in [2.45, 2.75) is 0 Å². The molecule has 0 saturated carbocycles. The topological polar surface area (TPSA) is 57.0 Å². The fraction of sp³-hybridized carbons (Fsp3) is 0. The summed E-state index contributed by atoms with van der Waals surface area (Å²) in [6.07, 6.45) is 0. The van der Waals surface area contributed by atoms with Gasteiger partial charge in [-0.25, -0.2) is 0 Å². The van der Waals surface area contributed by atoms with Crippen LogP contribution in [0.1, 0.15) is 0 Å². The minimum Gasteiger partial charge on any atom is -2.00 e. The second-order valence-electron chi connectivity index (χ2n) is 0. The van der Waals surface area contributed by atoms with Gasteiger partial charge in [0.15, 0.2) is 0 Å². The molecule has 2 nitrogen and oxygen atoms in total. The van der Waals surface area contributed by atoms with Crippen LogP contribution in [0.3, 0.4) is 0 Å². The summed E-state index contributed by atoms with van der Waals surface area (Å²) in [6.45, 7) is 0. The Hall–Kier alpha value is 2.44. The van der Waals surface area contributed by atoms with Crippen LogP contribution < -0.4 is 58.2 Å². The smallest absolute Gasteiger partial charge is 2.00 e. The Morgan fingerprint density at radius 1 is 0.750 bits per heavy atom. The van der Waals surface area contributed by atoms with Crippen LogP contribution in [0.15, 0.2) is 0 Å². The zero-order valence-corrected chi connectivity index (χ0v) is 8.79. The summed E-state index contributed by atoms with van der Waals surface area (Å²) < 4.78 is 0. The number of rotatable bonds is 0. The summed E-state index contributed by atoms with van der Waals surface area (Å²) in [4.78, 5) is 0. The number of hydrogen-bond donors (Lipinski definition) is 0. The monoisotopic (exact) mass is 165 g/mol. The summed E-state index contributed by atoms with van der Waals surface area (Å²) >= 11 is 0. The zero-order valence-electron chi connectivity index (χ0n) is 2.32. The van der Waals surface area contributed by atoms with Crippen molar-refractivity contribution in [3.8, 4) is 0 Å². The van der Waals surface area contributed by atoms with Crippen LogP contribution in [0.2, 0.25) is 0 Å². The SMILES string of the molecule is [O-2].[O-2].[Rb+].[Ti+4]. The normalized spacial score (nSPS) is 0. The molecule has 4 heteroatoms. The predicted molar refractivity (Wildman–Crippen MR) is 1.37 cm³/mol. The first-order valence-corrected chi connectivity index (χ1v) is 0. The van der Waals surface area contributed by atoms with Crippen molar-refractivity contribution in [1.29, 1.82) is 0 Å². The van der Waals surface area contributed by atoms with Gasteiger partial charge in [0.1, 0.15) is 0 Å². The fourth-order valence-electron chi connectivity index (χ4n) is 0. The summed E-state index contributed by atoms with van der Waals surface area (Å²) in [5, 5.41) is 0. The Bertz CT molecular complexity index is 6.00. The van der Waals surface area contributed by atoms with Gasteiger partial charge in [-0.2, -0.15) is 0 Å². The van der Waals surface area contributed by atoms with E-state index in [0.29, 0.717) is 0 Å². The molecule has 0 heterocycles. The van der Waals surface area contributed by atoms with E-state index >= 15 is 0 Å². The molecule has 4 heavy (non-hydrogen) atoms. The molecule has 0 N–H and O–H groups in total. The second-order valence-corrected chi connectivity index (χ2v) is 0. The van der Waals surface area contributed by atoms with E-state index < -0.39 is 0 Å². The molecule has 0 bridgehead atoms. The average Bonchev–Trinajstić information content (AvgIpc) is 0. The Kier molecular flexibility index (Phi) is 144. The molecular formula is O2RbTi+. The molecule has 0 aliphatic carbocycles. The molecule has 0 aromatic carbocycles. The van der Waals surface area contributed by atoms with Crippen LogP contribution in [0.4, 0.5) is 0 Å². The molecule has 0 spiro atoms. The number of hydrogen-bond acceptors (Lipinski definition) is 0. The molecule has 0 aromatic heterocycles. The molecular weight excluding hydrogens is 165 g/mol. The van der Waals surface area contributed by atoms with Gasteiger partial charge >= 0.3 is 79.9 Å². The average molecular weight is 165 g/mol. The minimum absolute atomic E-state index is 0. The van der Waals surface area contributed by atoms with Gasteiger partial charge in [0, 0.05) is 0 Å². The Morgan fingerprint density at radius 2 is 0.750 bits per heavy atom. The van der Waals surface area contributed by atoms with Crippen LogP contribution >= 0.6 is 0 Å². The molecule has 0 saturated heterocycles. The largest absolute Gasteiger partial charge is 4.00 e. The predicted octanol–water partition coefficient (Wildman–Crippen LogP) is -3.24. The third-order valence-corrected chi connectivity index (χ3v) is 0. The summed E-state index contributed by atoms with van der Waals surface area (Å²) in [5.41, 5.74) is 0. The van der Waals surface area contributed by atoms with E-state index in [1.165, 1.54) is 0 Å². The molecule has 0 atom stereocenters. The van der Waals surface area contributed by atoms with Crippen molar-refractivity contribution < 1.29 is 90.9 Å². The first-order chi connectivity index (χ1) is 0. The molecule has 0 aromatic rings. The molecule has 16 valence electrons. The quantitative estimate of drug-likeness (QED) is 0.339. The van der Waals surface area contributed by atoms with E-state index in [9.17, 15) is 0 Å². The first kappa shape index (κ1) is 32.0. The van der Waals surface area contributed by atoms with Gasteiger partial charge in [-0.15, -0.1) is 0 Å². The van der Waals surface area contributed by atoms with Gasteiger partial charge in [0.05, 0.1) is 0 Å². The zero-order chi connectivity index (χ0) is 0. The Balaban J connectivity index is 0. The van der Waals surface area contributed by atoms with Crippen molar-refractivity contribution >= 4 is 0 Å². The van der Waals surface area contributed by atoms with E-state index in [-0.39, 0.29) is 90.9 Å². The maximum absolute atomic E-state index is 0. The second kappa shape index (κ2) is 18.0. The Morgan fingerprint density at radius 3 is 0.750 bits per heavy atom. The van der Waals surface area contributed by atoms with Crippen LogP contribution in [-0.4, -0.2) is 0 Å². The van der Waals surface area contributed by atoms with Crippen molar-refractivity contribution in [3.05, 3.63) is 0 Å². The van der Waals surface area contributed by atoms with E-state index in [4.69, 9.17) is 0 Å². The molecule has 0 fully saturated rings. The van der Waals surface area contributed by atoms with Crippen LogP contribution in [0.5, 0.6) is 0 Å². The maximum Gasteiger partial charge on any atom is 4.00 e. The standard InChI is InChI=1S/2O.Rb.Ti/q2*-2;+1;+4. The van der Waals surface area contributed by atoms with Crippen molar-refractivity contribution in [3.63, 3.8) is 0 Å². The van der Waals surface area contributed by atoms with Gasteiger partial charge in [-0.05, 0) is 0 Å². The molecule has 0 aliphatic rings. The molecule has 0 unspecified atom stereocenters. The molecule has 0 rings (SSSR count). The third kappa shape index (κ3) is 8.83. The van der Waals surface area contributed by atoms with E-state index in [1.807, 2.05) is 0 Å². The molecule has 0 aliphatic heterocycles. The summed E-state index contributed by atoms with van der Waals surface area (Å²) in [7, 11) is 0.